The third-order valence-electron chi connectivity index (χ3n) is 2.35. The molecule has 0 bridgehead atoms. The molecule has 0 radical (unpaired) electrons. The summed E-state index contributed by atoms with van der Waals surface area (Å²) in [4.78, 5) is 4.30. The molecule has 1 aliphatic carbocycles. The summed E-state index contributed by atoms with van der Waals surface area (Å²) in [6.07, 6.45) is 6.56. The number of hydrogen-bond donors (Lipinski definition) is 1. The smallest absolute Gasteiger partial charge is 0.167 e. The Labute approximate surface area is 89.3 Å². The molecule has 14 heavy (non-hydrogen) atoms. The van der Waals surface area contributed by atoms with Crippen LogP contribution in [0.2, 0.25) is 0 Å². The number of rotatable bonds is 5. The van der Waals surface area contributed by atoms with Crippen LogP contribution >= 0.6 is 11.8 Å². The topological polar surface area (TPSA) is 29.9 Å². The molecule has 1 aromatic rings. The number of aromatic nitrogens is 2. The van der Waals surface area contributed by atoms with E-state index in [0.717, 1.165) is 17.7 Å². The molecule has 0 aromatic carbocycles. The van der Waals surface area contributed by atoms with Crippen LogP contribution in [0, 0.1) is 0 Å². The van der Waals surface area contributed by atoms with Crippen LogP contribution < -0.4 is 5.32 Å². The second-order valence-corrected chi connectivity index (χ2v) is 5.34. The summed E-state index contributed by atoms with van der Waals surface area (Å²) in [5.41, 5.74) is 0. The predicted molar refractivity (Wildman–Crippen MR) is 59.6 cm³/mol. The average molecular weight is 211 g/mol. The summed E-state index contributed by atoms with van der Waals surface area (Å²) < 4.78 is 2.07. The van der Waals surface area contributed by atoms with Crippen molar-refractivity contribution in [3.05, 3.63) is 12.4 Å². The SMILES string of the molecule is CC(CNC1CC1)Sc1nccn1C. The molecular formula is C10H17N3S. The van der Waals surface area contributed by atoms with Crippen LogP contribution in [0.25, 0.3) is 0 Å². The minimum Gasteiger partial charge on any atom is -0.329 e. The van der Waals surface area contributed by atoms with Gasteiger partial charge < -0.3 is 9.88 Å². The van der Waals surface area contributed by atoms with E-state index >= 15 is 0 Å². The Morgan fingerprint density at radius 1 is 1.71 bits per heavy atom. The lowest BCUT2D eigenvalue weighted by molar-refractivity contribution is 0.675. The summed E-state index contributed by atoms with van der Waals surface area (Å²) in [5, 5.41) is 5.23. The quantitative estimate of drug-likeness (QED) is 0.751. The zero-order valence-corrected chi connectivity index (χ0v) is 9.55. The van der Waals surface area contributed by atoms with Gasteiger partial charge in [0.25, 0.3) is 0 Å². The zero-order chi connectivity index (χ0) is 9.97. The lowest BCUT2D eigenvalue weighted by atomic mass is 10.4. The minimum atomic E-state index is 0.594. The monoisotopic (exact) mass is 211 g/mol. The molecule has 1 saturated carbocycles. The van der Waals surface area contributed by atoms with Crippen molar-refractivity contribution in [2.24, 2.45) is 7.05 Å². The van der Waals surface area contributed by atoms with Gasteiger partial charge in [-0.1, -0.05) is 18.7 Å². The van der Waals surface area contributed by atoms with Gasteiger partial charge in [-0.2, -0.15) is 0 Å². The van der Waals surface area contributed by atoms with Crippen LogP contribution in [0.5, 0.6) is 0 Å². The summed E-state index contributed by atoms with van der Waals surface area (Å²) >= 11 is 1.84. The first-order chi connectivity index (χ1) is 6.75. The summed E-state index contributed by atoms with van der Waals surface area (Å²) in [6.45, 7) is 3.33. The van der Waals surface area contributed by atoms with Crippen LogP contribution in [0.15, 0.2) is 17.6 Å². The standard InChI is InChI=1S/C10H17N3S/c1-8(7-12-9-3-4-9)14-10-11-5-6-13(10)2/h5-6,8-9,12H,3-4,7H2,1-2H3. The summed E-state index contributed by atoms with van der Waals surface area (Å²) in [5.74, 6) is 0. The largest absolute Gasteiger partial charge is 0.329 e. The molecule has 4 heteroatoms. The van der Waals surface area contributed by atoms with Gasteiger partial charge in [-0.25, -0.2) is 4.98 Å². The van der Waals surface area contributed by atoms with Crippen molar-refractivity contribution in [2.75, 3.05) is 6.54 Å². The number of thioether (sulfide) groups is 1. The van der Waals surface area contributed by atoms with E-state index in [1.54, 1.807) is 0 Å². The van der Waals surface area contributed by atoms with E-state index < -0.39 is 0 Å². The molecule has 1 aliphatic rings. The van der Waals surface area contributed by atoms with Crippen molar-refractivity contribution < 1.29 is 0 Å². The van der Waals surface area contributed by atoms with E-state index in [-0.39, 0.29) is 0 Å². The molecule has 78 valence electrons. The van der Waals surface area contributed by atoms with Gasteiger partial charge in [-0.05, 0) is 12.8 Å². The van der Waals surface area contributed by atoms with Gasteiger partial charge in [-0.15, -0.1) is 0 Å². The Kier molecular flexibility index (Phi) is 3.13. The number of nitrogens with one attached hydrogen (secondary N) is 1. The van der Waals surface area contributed by atoms with Crippen molar-refractivity contribution >= 4 is 11.8 Å². The molecule has 0 saturated heterocycles. The number of nitrogens with zero attached hydrogens (tertiary/aromatic N) is 2. The van der Waals surface area contributed by atoms with E-state index in [1.807, 2.05) is 31.2 Å². The van der Waals surface area contributed by atoms with Crippen molar-refractivity contribution in [3.8, 4) is 0 Å². The van der Waals surface area contributed by atoms with Gasteiger partial charge in [0.1, 0.15) is 0 Å². The van der Waals surface area contributed by atoms with Crippen LogP contribution in [0.1, 0.15) is 19.8 Å². The molecule has 1 N–H and O–H groups in total. The number of aryl methyl sites for hydroxylation is 1. The Hall–Kier alpha value is -0.480. The van der Waals surface area contributed by atoms with Gasteiger partial charge in [-0.3, -0.25) is 0 Å². The molecule has 1 atom stereocenters. The number of imidazole rings is 1. The fourth-order valence-corrected chi connectivity index (χ4v) is 2.20. The molecule has 2 rings (SSSR count). The van der Waals surface area contributed by atoms with Gasteiger partial charge in [0.2, 0.25) is 0 Å². The number of hydrogen-bond acceptors (Lipinski definition) is 3. The second-order valence-electron chi connectivity index (χ2n) is 3.93. The van der Waals surface area contributed by atoms with Crippen LogP contribution in [0.4, 0.5) is 0 Å². The highest BCUT2D eigenvalue weighted by atomic mass is 32.2. The van der Waals surface area contributed by atoms with Gasteiger partial charge in [0.05, 0.1) is 0 Å². The maximum absolute atomic E-state index is 4.30. The van der Waals surface area contributed by atoms with Crippen LogP contribution in [-0.2, 0) is 7.05 Å². The lowest BCUT2D eigenvalue weighted by Gasteiger charge is -2.11. The van der Waals surface area contributed by atoms with Crippen LogP contribution in [0.3, 0.4) is 0 Å². The third kappa shape index (κ3) is 2.75. The van der Waals surface area contributed by atoms with E-state index in [9.17, 15) is 0 Å². The second kappa shape index (κ2) is 4.36. The zero-order valence-electron chi connectivity index (χ0n) is 8.73. The Balaban J connectivity index is 1.75. The lowest BCUT2D eigenvalue weighted by Crippen LogP contribution is -2.24. The normalized spacial score (nSPS) is 18.4. The average Bonchev–Trinajstić information content (AvgIpc) is 2.90. The van der Waals surface area contributed by atoms with E-state index in [1.165, 1.54) is 12.8 Å². The molecule has 0 spiro atoms. The molecule has 1 heterocycles. The predicted octanol–water partition coefficient (Wildman–Crippen LogP) is 1.65. The van der Waals surface area contributed by atoms with E-state index in [4.69, 9.17) is 0 Å². The maximum Gasteiger partial charge on any atom is 0.167 e. The van der Waals surface area contributed by atoms with Gasteiger partial charge >= 0.3 is 0 Å². The van der Waals surface area contributed by atoms with Crippen molar-refractivity contribution in [1.82, 2.24) is 14.9 Å². The Morgan fingerprint density at radius 3 is 3.07 bits per heavy atom. The molecule has 3 nitrogen and oxygen atoms in total. The fraction of sp³-hybridized carbons (Fsp3) is 0.700. The van der Waals surface area contributed by atoms with Crippen LogP contribution in [-0.4, -0.2) is 27.4 Å². The maximum atomic E-state index is 4.30. The van der Waals surface area contributed by atoms with E-state index in [2.05, 4.69) is 21.8 Å². The minimum absolute atomic E-state index is 0.594. The first-order valence-electron chi connectivity index (χ1n) is 5.13. The first kappa shape index (κ1) is 10.1. The highest BCUT2D eigenvalue weighted by Gasteiger charge is 2.21. The van der Waals surface area contributed by atoms with Crippen molar-refractivity contribution in [3.63, 3.8) is 0 Å². The van der Waals surface area contributed by atoms with Crippen molar-refractivity contribution in [2.45, 2.75) is 36.2 Å². The van der Waals surface area contributed by atoms with Crippen molar-refractivity contribution in [1.29, 1.82) is 0 Å². The molecule has 1 aromatic heterocycles. The molecular weight excluding hydrogens is 194 g/mol. The Morgan fingerprint density at radius 2 is 2.50 bits per heavy atom. The van der Waals surface area contributed by atoms with Gasteiger partial charge in [0.15, 0.2) is 5.16 Å². The highest BCUT2D eigenvalue weighted by molar-refractivity contribution is 7.99. The Bertz CT molecular complexity index is 293. The molecule has 0 amide bonds. The fourth-order valence-electron chi connectivity index (χ4n) is 1.31. The molecule has 1 unspecified atom stereocenters. The molecule has 1 fully saturated rings. The van der Waals surface area contributed by atoms with E-state index in [0.29, 0.717) is 5.25 Å². The highest BCUT2D eigenvalue weighted by Crippen LogP contribution is 2.22. The first-order valence-corrected chi connectivity index (χ1v) is 6.01. The summed E-state index contributed by atoms with van der Waals surface area (Å²) in [7, 11) is 2.04. The molecule has 0 aliphatic heterocycles. The summed E-state index contributed by atoms with van der Waals surface area (Å²) in [6, 6.07) is 0.805. The van der Waals surface area contributed by atoms with Gasteiger partial charge in [0, 0.05) is 37.3 Å². The third-order valence-corrected chi connectivity index (χ3v) is 3.53.